The van der Waals surface area contributed by atoms with Gasteiger partial charge in [-0.2, -0.15) is 0 Å². The lowest BCUT2D eigenvalue weighted by atomic mass is 9.93. The van der Waals surface area contributed by atoms with E-state index >= 15 is 0 Å². The highest BCUT2D eigenvalue weighted by Crippen LogP contribution is 2.14. The number of pyridine rings is 1. The second-order valence-corrected chi connectivity index (χ2v) is 4.46. The molecule has 5 heteroatoms. The molecule has 1 aromatic heterocycles. The molecule has 0 aliphatic carbocycles. The van der Waals surface area contributed by atoms with Crippen molar-refractivity contribution >= 4 is 5.91 Å². The zero-order valence-corrected chi connectivity index (χ0v) is 11.1. The molecule has 1 rings (SSSR count). The monoisotopic (exact) mass is 252 g/mol. The van der Waals surface area contributed by atoms with Crippen LogP contribution in [0.5, 0.6) is 0 Å². The molecule has 0 radical (unpaired) electrons. The summed E-state index contributed by atoms with van der Waals surface area (Å²) in [6.45, 7) is 3.70. The smallest absolute Gasteiger partial charge is 0.252 e. The van der Waals surface area contributed by atoms with E-state index in [0.29, 0.717) is 18.4 Å². The summed E-state index contributed by atoms with van der Waals surface area (Å²) < 4.78 is 1.40. The Labute approximate surface area is 106 Å². The average molecular weight is 252 g/mol. The van der Waals surface area contributed by atoms with Crippen LogP contribution in [-0.2, 0) is 7.05 Å². The molecule has 100 valence electrons. The van der Waals surface area contributed by atoms with Crippen molar-refractivity contribution in [2.24, 2.45) is 7.05 Å². The largest absolute Gasteiger partial charge is 0.394 e. The quantitative estimate of drug-likeness (QED) is 0.809. The molecule has 0 bridgehead atoms. The van der Waals surface area contributed by atoms with Gasteiger partial charge in [-0.1, -0.05) is 13.8 Å². The van der Waals surface area contributed by atoms with Gasteiger partial charge in [-0.3, -0.25) is 9.59 Å². The van der Waals surface area contributed by atoms with Gasteiger partial charge in [0, 0.05) is 24.9 Å². The molecule has 0 aliphatic rings. The maximum absolute atomic E-state index is 12.0. The summed E-state index contributed by atoms with van der Waals surface area (Å²) in [6, 6.07) is 2.88. The topological polar surface area (TPSA) is 71.3 Å². The number of aliphatic hydroxyl groups excluding tert-OH is 1. The summed E-state index contributed by atoms with van der Waals surface area (Å²) in [7, 11) is 1.63. The van der Waals surface area contributed by atoms with Gasteiger partial charge >= 0.3 is 0 Å². The molecular formula is C13H20N2O3. The average Bonchev–Trinajstić information content (AvgIpc) is 2.39. The van der Waals surface area contributed by atoms with Crippen molar-refractivity contribution in [2.45, 2.75) is 32.2 Å². The molecule has 0 saturated carbocycles. The van der Waals surface area contributed by atoms with Crippen molar-refractivity contribution in [1.29, 1.82) is 0 Å². The standard InChI is InChI=1S/C13H20N2O3/c1-4-13(5-2,9-16)14-12(18)10-6-7-15(3)11(17)8-10/h6-8,16H,4-5,9H2,1-3H3,(H,14,18). The van der Waals surface area contributed by atoms with Gasteiger partial charge in [0.15, 0.2) is 0 Å². The van der Waals surface area contributed by atoms with Gasteiger partial charge in [0.25, 0.3) is 11.5 Å². The van der Waals surface area contributed by atoms with Gasteiger partial charge in [0.1, 0.15) is 0 Å². The lowest BCUT2D eigenvalue weighted by molar-refractivity contribution is 0.0817. The number of rotatable bonds is 5. The third-order valence-corrected chi connectivity index (χ3v) is 3.40. The molecule has 1 heterocycles. The summed E-state index contributed by atoms with van der Waals surface area (Å²) in [6.07, 6.45) is 2.82. The highest BCUT2D eigenvalue weighted by molar-refractivity contribution is 5.94. The van der Waals surface area contributed by atoms with Crippen LogP contribution in [0, 0.1) is 0 Å². The first-order valence-corrected chi connectivity index (χ1v) is 6.08. The third kappa shape index (κ3) is 2.98. The predicted molar refractivity (Wildman–Crippen MR) is 69.5 cm³/mol. The maximum atomic E-state index is 12.0. The number of nitrogens with one attached hydrogen (secondary N) is 1. The number of amides is 1. The number of nitrogens with zero attached hydrogens (tertiary/aromatic N) is 1. The molecule has 2 N–H and O–H groups in total. The molecule has 0 atom stereocenters. The Morgan fingerprint density at radius 3 is 2.50 bits per heavy atom. The van der Waals surface area contributed by atoms with E-state index in [4.69, 9.17) is 0 Å². The molecule has 0 unspecified atom stereocenters. The van der Waals surface area contributed by atoms with Gasteiger partial charge in [-0.15, -0.1) is 0 Å². The zero-order valence-electron chi connectivity index (χ0n) is 11.1. The van der Waals surface area contributed by atoms with Gasteiger partial charge < -0.3 is 15.0 Å². The Kier molecular flexibility index (Phi) is 4.67. The van der Waals surface area contributed by atoms with Crippen LogP contribution < -0.4 is 10.9 Å². The lowest BCUT2D eigenvalue weighted by Crippen LogP contribution is -2.50. The summed E-state index contributed by atoms with van der Waals surface area (Å²) >= 11 is 0. The van der Waals surface area contributed by atoms with E-state index in [-0.39, 0.29) is 18.1 Å². The Bertz CT molecular complexity index is 467. The van der Waals surface area contributed by atoms with Crippen LogP contribution in [0.25, 0.3) is 0 Å². The Morgan fingerprint density at radius 2 is 2.06 bits per heavy atom. The van der Waals surface area contributed by atoms with Crippen molar-refractivity contribution in [2.75, 3.05) is 6.61 Å². The van der Waals surface area contributed by atoms with Gasteiger partial charge in [-0.25, -0.2) is 0 Å². The van der Waals surface area contributed by atoms with Gasteiger partial charge in [0.05, 0.1) is 12.1 Å². The molecule has 1 amide bonds. The molecule has 0 saturated heterocycles. The maximum Gasteiger partial charge on any atom is 0.252 e. The van der Waals surface area contributed by atoms with Crippen LogP contribution in [-0.4, -0.2) is 27.7 Å². The van der Waals surface area contributed by atoms with E-state index in [1.165, 1.54) is 10.6 Å². The summed E-state index contributed by atoms with van der Waals surface area (Å²) in [4.78, 5) is 23.5. The van der Waals surface area contributed by atoms with Gasteiger partial charge in [-0.05, 0) is 18.9 Å². The van der Waals surface area contributed by atoms with E-state index in [1.54, 1.807) is 19.3 Å². The van der Waals surface area contributed by atoms with E-state index in [1.807, 2.05) is 13.8 Å². The summed E-state index contributed by atoms with van der Waals surface area (Å²) in [5, 5.41) is 12.2. The first-order chi connectivity index (χ1) is 8.48. The molecule has 0 aromatic carbocycles. The summed E-state index contributed by atoms with van der Waals surface area (Å²) in [5.41, 5.74) is -0.527. The normalized spacial score (nSPS) is 11.3. The van der Waals surface area contributed by atoms with Crippen LogP contribution in [0.4, 0.5) is 0 Å². The van der Waals surface area contributed by atoms with Crippen molar-refractivity contribution in [3.63, 3.8) is 0 Å². The van der Waals surface area contributed by atoms with Crippen molar-refractivity contribution < 1.29 is 9.90 Å². The van der Waals surface area contributed by atoms with Crippen molar-refractivity contribution in [1.82, 2.24) is 9.88 Å². The van der Waals surface area contributed by atoms with E-state index in [9.17, 15) is 14.7 Å². The van der Waals surface area contributed by atoms with Crippen LogP contribution in [0.15, 0.2) is 23.1 Å². The number of aryl methyl sites for hydroxylation is 1. The highest BCUT2D eigenvalue weighted by atomic mass is 16.3. The minimum absolute atomic E-state index is 0.115. The number of hydrogen-bond acceptors (Lipinski definition) is 3. The molecule has 5 nitrogen and oxygen atoms in total. The van der Waals surface area contributed by atoms with Crippen molar-refractivity contribution in [3.8, 4) is 0 Å². The Morgan fingerprint density at radius 1 is 1.44 bits per heavy atom. The van der Waals surface area contributed by atoms with E-state index in [2.05, 4.69) is 5.32 Å². The fraction of sp³-hybridized carbons (Fsp3) is 0.538. The third-order valence-electron chi connectivity index (χ3n) is 3.40. The Hall–Kier alpha value is -1.62. The fourth-order valence-corrected chi connectivity index (χ4v) is 1.69. The molecule has 18 heavy (non-hydrogen) atoms. The van der Waals surface area contributed by atoms with Crippen molar-refractivity contribution in [3.05, 3.63) is 34.2 Å². The predicted octanol–water partition coefficient (Wildman–Crippen LogP) is 0.666. The molecule has 0 spiro atoms. The van der Waals surface area contributed by atoms with Gasteiger partial charge in [0.2, 0.25) is 0 Å². The SMILES string of the molecule is CCC(CC)(CO)NC(=O)c1ccn(C)c(=O)c1. The molecule has 0 aliphatic heterocycles. The zero-order chi connectivity index (χ0) is 13.8. The second kappa shape index (κ2) is 5.82. The van der Waals surface area contributed by atoms with E-state index in [0.717, 1.165) is 0 Å². The number of carbonyl (C=O) groups excluding carboxylic acids is 1. The minimum Gasteiger partial charge on any atom is -0.394 e. The molecular weight excluding hydrogens is 232 g/mol. The van der Waals surface area contributed by atoms with Crippen LogP contribution in [0.1, 0.15) is 37.0 Å². The van der Waals surface area contributed by atoms with Crippen LogP contribution >= 0.6 is 0 Å². The first-order valence-electron chi connectivity index (χ1n) is 6.08. The summed E-state index contributed by atoms with van der Waals surface area (Å²) in [5.74, 6) is -0.328. The lowest BCUT2D eigenvalue weighted by Gasteiger charge is -2.30. The van der Waals surface area contributed by atoms with E-state index < -0.39 is 5.54 Å². The molecule has 1 aromatic rings. The van der Waals surface area contributed by atoms with Crippen LogP contribution in [0.3, 0.4) is 0 Å². The number of carbonyl (C=O) groups is 1. The second-order valence-electron chi connectivity index (χ2n) is 4.46. The number of aliphatic hydroxyl groups is 1. The number of aromatic nitrogens is 1. The first kappa shape index (κ1) is 14.4. The highest BCUT2D eigenvalue weighted by Gasteiger charge is 2.27. The number of hydrogen-bond donors (Lipinski definition) is 2. The fourth-order valence-electron chi connectivity index (χ4n) is 1.69. The molecule has 0 fully saturated rings. The Balaban J connectivity index is 2.94. The van der Waals surface area contributed by atoms with Crippen LogP contribution in [0.2, 0.25) is 0 Å². The minimum atomic E-state index is -0.613.